The van der Waals surface area contributed by atoms with Crippen molar-refractivity contribution in [2.45, 2.75) is 24.7 Å². The summed E-state index contributed by atoms with van der Waals surface area (Å²) in [5.74, 6) is 0. The Morgan fingerprint density at radius 3 is 0.316 bits per heavy atom. The van der Waals surface area contributed by atoms with Crippen molar-refractivity contribution in [2.75, 3.05) is 141 Å². The quantitative estimate of drug-likeness (QED) is 0.0569. The van der Waals surface area contributed by atoms with Gasteiger partial charge < -0.3 is 198 Å². The van der Waals surface area contributed by atoms with Crippen LogP contribution in [0.25, 0.3) is 0 Å². The average Bonchev–Trinajstić information content (AvgIpc) is 1.73. The first-order chi connectivity index (χ1) is 56.5. The van der Waals surface area contributed by atoms with E-state index in [1.165, 1.54) is 49.0 Å². The first-order valence-electron chi connectivity index (χ1n) is 35.2. The van der Waals surface area contributed by atoms with Gasteiger partial charge in [0.15, 0.2) is 24.7 Å². The maximum absolute atomic E-state index is 9.43. The third-order valence-electron chi connectivity index (χ3n) is 12.3. The van der Waals surface area contributed by atoms with Gasteiger partial charge in [-0.1, -0.05) is 0 Å². The normalized spacial score (nSPS) is 7.94. The summed E-state index contributed by atoms with van der Waals surface area (Å²) in [7, 11) is 33.8. The molecule has 12 rings (SSSR count). The third kappa shape index (κ3) is 89.4. The zero-order chi connectivity index (χ0) is 88.9. The fraction of sp³-hybridized carbons (Fsp3) is 0.308. The van der Waals surface area contributed by atoms with E-state index < -0.39 is 0 Å². The van der Waals surface area contributed by atoms with E-state index in [1.54, 1.807) is 240 Å². The second kappa shape index (κ2) is 115. The number of nitrogens with zero attached hydrogens (tertiary/aromatic N) is 30. The molecule has 10 amide bonds. The van der Waals surface area contributed by atoms with Crippen LogP contribution >= 0.6 is 0 Å². The summed E-state index contributed by atoms with van der Waals surface area (Å²) in [5, 5.41) is 34.3. The number of halogens is 12. The Morgan fingerprint density at radius 2 is 0.257 bits per heavy atom. The number of hydrogen-bond donors (Lipinski definition) is 0. The van der Waals surface area contributed by atoms with Gasteiger partial charge in [-0.25, -0.2) is 37.5 Å². The molecule has 0 aliphatic rings. The molecule has 0 aromatic carbocycles. The van der Waals surface area contributed by atoms with E-state index in [0.29, 0.717) is 0 Å². The molecule has 0 spiro atoms. The molecule has 0 aliphatic heterocycles. The van der Waals surface area contributed by atoms with E-state index in [2.05, 4.69) is 60.7 Å². The summed E-state index contributed by atoms with van der Waals surface area (Å²) in [4.78, 5) is 125. The van der Waals surface area contributed by atoms with E-state index in [1.807, 2.05) is 184 Å². The predicted octanol–water partition coefficient (Wildman–Crippen LogP) is -32.6. The van der Waals surface area contributed by atoms with Crippen molar-refractivity contribution in [3.05, 3.63) is 268 Å². The molecule has 40 nitrogen and oxygen atoms in total. The minimum atomic E-state index is -0.0667. The Morgan fingerprint density at radius 1 is 0.176 bits per heavy atom. The largest absolute Gasteiger partial charge is 2.00 e. The van der Waals surface area contributed by atoms with Crippen LogP contribution in [0, 0.1) is 0 Å². The number of carbonyl (C=O) groups is 10. The molecule has 0 atom stereocenters. The molecule has 0 saturated carbocycles. The number of carbonyl (C=O) groups excluding carboxylic acids is 10. The molecule has 0 fully saturated rings. The van der Waals surface area contributed by atoms with Crippen LogP contribution in [0.4, 0.5) is 0 Å². The number of hydrogen-bond acceptors (Lipinski definition) is 22. The summed E-state index contributed by atoms with van der Waals surface area (Å²) in [5.41, 5.74) is 4.36. The molecule has 0 unspecified atom stereocenters. The smallest absolute Gasteiger partial charge is 1.00 e. The Balaban J connectivity index is -0.0000000608. The third-order valence-corrected chi connectivity index (χ3v) is 12.3. The van der Waals surface area contributed by atoms with Gasteiger partial charge in [0.25, 0.3) is 0 Å². The molecule has 0 aliphatic carbocycles. The van der Waals surface area contributed by atoms with Crippen LogP contribution in [-0.2, 0) is 149 Å². The van der Waals surface area contributed by atoms with Crippen LogP contribution < -0.4 is 149 Å². The van der Waals surface area contributed by atoms with E-state index >= 15 is 0 Å². The van der Waals surface area contributed by atoms with Gasteiger partial charge in [0.2, 0.25) is 64.1 Å². The van der Waals surface area contributed by atoms with Crippen molar-refractivity contribution in [3.8, 4) is 0 Å². The summed E-state index contributed by atoms with van der Waals surface area (Å²) < 4.78 is 14.9. The van der Waals surface area contributed by atoms with Crippen LogP contribution in [-0.4, -0.2) is 352 Å². The van der Waals surface area contributed by atoms with Crippen molar-refractivity contribution < 1.29 is 298 Å². The Hall–Kier alpha value is -8.50. The summed E-state index contributed by atoms with van der Waals surface area (Å²) in [6.07, 6.45) is 50.9. The second-order valence-electron chi connectivity index (χ2n) is 25.2. The zero-order valence-corrected chi connectivity index (χ0v) is 92.5. The fourth-order valence-electron chi connectivity index (χ4n) is 7.25. The Kier molecular flexibility index (Phi) is 150. The number of rotatable bonds is 22. The monoisotopic (exact) mass is 2400 g/mol. The summed E-state index contributed by atoms with van der Waals surface area (Å²) >= 11 is 0. The maximum atomic E-state index is 9.43. The number of aromatic nitrogens is 20. The molecule has 136 heavy (non-hydrogen) atoms. The molecular formula is C78H114Cl12Co6N30O10. The van der Waals surface area contributed by atoms with Crippen molar-refractivity contribution in [1.29, 1.82) is 0 Å². The van der Waals surface area contributed by atoms with Crippen LogP contribution in [0.3, 0.4) is 0 Å². The van der Waals surface area contributed by atoms with Gasteiger partial charge in [0.05, 0.1) is 0 Å². The van der Waals surface area contributed by atoms with Crippen LogP contribution in [0.2, 0.25) is 0 Å². The molecule has 12 heterocycles. The van der Waals surface area contributed by atoms with Gasteiger partial charge >= 0.3 is 101 Å². The Bertz CT molecular complexity index is 3580. The maximum Gasteiger partial charge on any atom is 2.00 e. The topological polar surface area (TPSA) is 397 Å². The van der Waals surface area contributed by atoms with Crippen molar-refractivity contribution in [1.82, 2.24) is 147 Å². The number of pyridine rings is 4. The van der Waals surface area contributed by atoms with E-state index in [9.17, 15) is 47.9 Å². The van der Waals surface area contributed by atoms with Crippen molar-refractivity contribution in [3.63, 3.8) is 0 Å². The van der Waals surface area contributed by atoms with E-state index in [0.717, 1.165) is 86.4 Å². The minimum Gasteiger partial charge on any atom is -1.00 e. The van der Waals surface area contributed by atoms with E-state index in [4.69, 9.17) is 0 Å². The number of amides is 10. The van der Waals surface area contributed by atoms with E-state index in [-0.39, 0.29) is 274 Å². The average molecular weight is 2410 g/mol. The molecule has 12 aromatic rings. The molecule has 0 N–H and O–H groups in total. The standard InChI is InChI=1S/4C12H11N5.10C3H7NO.12ClH.6Co/c4*1-5-14-16(9-1)12(17-10-2-6-15-17)11-3-7-13-8-4-11;10*1-4(2)3-5;;;;;;;;;;;;;;;;;;/h4*1-10,12H;10*3H,1-2H3;12*1H;;;;;;/q;;;;;;;;;;;;;;;;;;;;;;;;;;6*+2/p-12. The van der Waals surface area contributed by atoms with Crippen molar-refractivity contribution >= 4 is 64.1 Å². The summed E-state index contributed by atoms with van der Waals surface area (Å²) in [6.45, 7) is 0. The summed E-state index contributed by atoms with van der Waals surface area (Å²) in [6, 6.07) is 30.9. The van der Waals surface area contributed by atoms with Gasteiger partial charge in [0.1, 0.15) is 0 Å². The van der Waals surface area contributed by atoms with Gasteiger partial charge in [-0.2, -0.15) is 40.8 Å². The first-order valence-corrected chi connectivity index (χ1v) is 35.2. The van der Waals surface area contributed by atoms with Crippen molar-refractivity contribution in [2.24, 2.45) is 0 Å². The molecule has 0 bridgehead atoms. The first kappa shape index (κ1) is 177. The van der Waals surface area contributed by atoms with Crippen LogP contribution in [0.15, 0.2) is 246 Å². The van der Waals surface area contributed by atoms with Gasteiger partial charge in [-0.15, -0.1) is 0 Å². The SMILES string of the molecule is CN(C)C=O.CN(C)C=O.CN(C)C=O.CN(C)C=O.CN(C)C=O.CN(C)C=O.CN(C)C=O.CN(C)C=O.CN(C)C=O.CN(C)C=O.[Cl-].[Cl-].[Cl-].[Cl-].[Cl-].[Cl-].[Cl-].[Cl-].[Cl-].[Cl-].[Cl-].[Cl-].[Co+2].[Co+2].[Co+2].[Co+2].[Co+2].[Co+2].c1cnn(C(c2ccncc2)n2cccn2)c1.c1cnn(C(c2ccncc2)n2cccn2)c1.c1cnn(C(c2ccncc2)n2cccn2)c1.c1cnn(C(c2ccncc2)n2cccn2)c1. The second-order valence-corrected chi connectivity index (χ2v) is 25.2. The minimum absolute atomic E-state index is 0. The fourth-order valence-corrected chi connectivity index (χ4v) is 7.25. The van der Waals surface area contributed by atoms with Gasteiger partial charge in [-0.05, 0) is 97.1 Å². The molecule has 774 valence electrons. The molecule has 0 saturated heterocycles. The molecule has 58 heteroatoms. The zero-order valence-electron chi connectivity index (χ0n) is 77.2. The molecular weight excluding hydrogens is 2300 g/mol. The Labute approximate surface area is 933 Å². The van der Waals surface area contributed by atoms with Gasteiger partial charge in [0, 0.05) is 312 Å². The van der Waals surface area contributed by atoms with Crippen LogP contribution in [0.1, 0.15) is 46.9 Å². The molecule has 6 radical (unpaired) electrons. The predicted molar refractivity (Wildman–Crippen MR) is 446 cm³/mol. The van der Waals surface area contributed by atoms with Gasteiger partial charge in [-0.3, -0.25) is 67.9 Å². The molecule has 12 aromatic heterocycles. The van der Waals surface area contributed by atoms with Crippen LogP contribution in [0.5, 0.6) is 0 Å².